The number of nitrogens with one attached hydrogen (secondary N) is 2. The first-order valence-electron chi connectivity index (χ1n) is 9.05. The Labute approximate surface area is 168 Å². The molecule has 3 amide bonds. The highest BCUT2D eigenvalue weighted by atomic mass is 19.1. The SMILES string of the molecule is CC(C)NC(=O)NC(=O)C(C)OC(=O)c1ccccc1OCc1ccc(F)cc1. The molecule has 1 unspecified atom stereocenters. The van der Waals surface area contributed by atoms with Gasteiger partial charge in [0, 0.05) is 6.04 Å². The summed E-state index contributed by atoms with van der Waals surface area (Å²) in [6.07, 6.45) is -1.19. The van der Waals surface area contributed by atoms with E-state index in [0.29, 0.717) is 0 Å². The zero-order valence-electron chi connectivity index (χ0n) is 16.4. The number of urea groups is 1. The number of imide groups is 1. The summed E-state index contributed by atoms with van der Waals surface area (Å²) in [5, 5.41) is 4.61. The molecule has 0 aliphatic heterocycles. The molecule has 154 valence electrons. The second-order valence-electron chi connectivity index (χ2n) is 6.58. The van der Waals surface area contributed by atoms with Crippen molar-refractivity contribution in [3.8, 4) is 5.75 Å². The third-order valence-corrected chi connectivity index (χ3v) is 3.72. The molecular weight excluding hydrogens is 379 g/mol. The standard InChI is InChI=1S/C21H23FN2O5/c1-13(2)23-21(27)24-19(25)14(3)29-20(26)17-6-4-5-7-18(17)28-12-15-8-10-16(22)11-9-15/h4-11,13-14H,12H2,1-3H3,(H2,23,24,25,27). The van der Waals surface area contributed by atoms with E-state index < -0.39 is 24.0 Å². The van der Waals surface area contributed by atoms with Crippen molar-refractivity contribution in [1.29, 1.82) is 0 Å². The van der Waals surface area contributed by atoms with Gasteiger partial charge >= 0.3 is 12.0 Å². The quantitative estimate of drug-likeness (QED) is 0.694. The van der Waals surface area contributed by atoms with Crippen molar-refractivity contribution in [2.75, 3.05) is 0 Å². The van der Waals surface area contributed by atoms with Crippen LogP contribution < -0.4 is 15.4 Å². The van der Waals surface area contributed by atoms with Crippen LogP contribution >= 0.6 is 0 Å². The number of rotatable bonds is 7. The van der Waals surface area contributed by atoms with Crippen molar-refractivity contribution >= 4 is 17.9 Å². The van der Waals surface area contributed by atoms with E-state index in [0.717, 1.165) is 5.56 Å². The van der Waals surface area contributed by atoms with E-state index in [1.165, 1.54) is 25.1 Å². The fourth-order valence-corrected chi connectivity index (χ4v) is 2.29. The number of para-hydroxylation sites is 1. The van der Waals surface area contributed by atoms with Gasteiger partial charge in [0.05, 0.1) is 0 Å². The first-order valence-corrected chi connectivity index (χ1v) is 9.05. The maximum atomic E-state index is 13.0. The lowest BCUT2D eigenvalue weighted by atomic mass is 10.2. The van der Waals surface area contributed by atoms with Crippen LogP contribution in [0, 0.1) is 5.82 Å². The molecule has 2 aromatic rings. The zero-order chi connectivity index (χ0) is 21.4. The van der Waals surface area contributed by atoms with Crippen LogP contribution in [0.4, 0.5) is 9.18 Å². The van der Waals surface area contributed by atoms with Crippen LogP contribution in [-0.4, -0.2) is 30.1 Å². The molecule has 0 aliphatic carbocycles. The molecule has 0 bridgehead atoms. The molecule has 0 aliphatic rings. The fraction of sp³-hybridized carbons (Fsp3) is 0.286. The smallest absolute Gasteiger partial charge is 0.342 e. The maximum absolute atomic E-state index is 13.0. The predicted molar refractivity (Wildman–Crippen MR) is 104 cm³/mol. The van der Waals surface area contributed by atoms with E-state index in [1.807, 2.05) is 0 Å². The minimum Gasteiger partial charge on any atom is -0.488 e. The van der Waals surface area contributed by atoms with Gasteiger partial charge in [0.25, 0.3) is 5.91 Å². The maximum Gasteiger partial charge on any atom is 0.342 e. The fourth-order valence-electron chi connectivity index (χ4n) is 2.29. The van der Waals surface area contributed by atoms with Crippen LogP contribution in [0.5, 0.6) is 5.75 Å². The highest BCUT2D eigenvalue weighted by Gasteiger charge is 2.23. The summed E-state index contributed by atoms with van der Waals surface area (Å²) in [5.74, 6) is -1.62. The average Bonchev–Trinajstić information content (AvgIpc) is 2.67. The number of amides is 3. The molecule has 29 heavy (non-hydrogen) atoms. The van der Waals surface area contributed by atoms with Crippen molar-refractivity contribution < 1.29 is 28.2 Å². The molecule has 1 atom stereocenters. The Balaban J connectivity index is 1.98. The van der Waals surface area contributed by atoms with Crippen molar-refractivity contribution in [1.82, 2.24) is 10.6 Å². The van der Waals surface area contributed by atoms with E-state index in [1.54, 1.807) is 44.2 Å². The van der Waals surface area contributed by atoms with Gasteiger partial charge in [-0.1, -0.05) is 24.3 Å². The second kappa shape index (κ2) is 10.2. The lowest BCUT2D eigenvalue weighted by Crippen LogP contribution is -2.46. The van der Waals surface area contributed by atoms with Crippen molar-refractivity contribution in [3.05, 3.63) is 65.5 Å². The molecule has 8 heteroatoms. The Bertz CT molecular complexity index is 868. The number of hydrogen-bond donors (Lipinski definition) is 2. The largest absolute Gasteiger partial charge is 0.488 e. The summed E-state index contributed by atoms with van der Waals surface area (Å²) < 4.78 is 23.8. The molecule has 2 N–H and O–H groups in total. The molecule has 0 saturated carbocycles. The van der Waals surface area contributed by atoms with E-state index in [4.69, 9.17) is 9.47 Å². The Hall–Kier alpha value is -3.42. The summed E-state index contributed by atoms with van der Waals surface area (Å²) in [6, 6.07) is 11.4. The van der Waals surface area contributed by atoms with Crippen molar-refractivity contribution in [3.63, 3.8) is 0 Å². The van der Waals surface area contributed by atoms with Gasteiger partial charge in [-0.05, 0) is 50.6 Å². The Morgan fingerprint density at radius 3 is 2.31 bits per heavy atom. The summed E-state index contributed by atoms with van der Waals surface area (Å²) >= 11 is 0. The van der Waals surface area contributed by atoms with Gasteiger partial charge in [-0.25, -0.2) is 14.0 Å². The van der Waals surface area contributed by atoms with Gasteiger partial charge in [-0.15, -0.1) is 0 Å². The molecule has 7 nitrogen and oxygen atoms in total. The van der Waals surface area contributed by atoms with E-state index in [2.05, 4.69) is 10.6 Å². The normalized spacial score (nSPS) is 11.5. The predicted octanol–water partition coefficient (Wildman–Crippen LogP) is 3.18. The molecule has 2 rings (SSSR count). The molecule has 0 aromatic heterocycles. The first-order chi connectivity index (χ1) is 13.8. The van der Waals surface area contributed by atoms with Crippen molar-refractivity contribution in [2.24, 2.45) is 0 Å². The summed E-state index contributed by atoms with van der Waals surface area (Å²) in [6.45, 7) is 4.97. The van der Waals surface area contributed by atoms with E-state index >= 15 is 0 Å². The lowest BCUT2D eigenvalue weighted by molar-refractivity contribution is -0.127. The van der Waals surface area contributed by atoms with Gasteiger partial charge in [0.2, 0.25) is 0 Å². The average molecular weight is 402 g/mol. The summed E-state index contributed by atoms with van der Waals surface area (Å²) in [7, 11) is 0. The van der Waals surface area contributed by atoms with Crippen LogP contribution in [0.15, 0.2) is 48.5 Å². The minimum absolute atomic E-state index is 0.121. The number of hydrogen-bond acceptors (Lipinski definition) is 5. The second-order valence-corrected chi connectivity index (χ2v) is 6.58. The van der Waals surface area contributed by atoms with Crippen LogP contribution in [0.1, 0.15) is 36.7 Å². The number of esters is 1. The van der Waals surface area contributed by atoms with Gasteiger partial charge in [-0.2, -0.15) is 0 Å². The lowest BCUT2D eigenvalue weighted by Gasteiger charge is -2.16. The number of halogens is 1. The molecule has 0 radical (unpaired) electrons. The van der Waals surface area contributed by atoms with Gasteiger partial charge < -0.3 is 14.8 Å². The van der Waals surface area contributed by atoms with E-state index in [9.17, 15) is 18.8 Å². The monoisotopic (exact) mass is 402 g/mol. The zero-order valence-corrected chi connectivity index (χ0v) is 16.4. The Kier molecular flexibility index (Phi) is 7.70. The summed E-state index contributed by atoms with van der Waals surface area (Å²) in [5.41, 5.74) is 0.847. The topological polar surface area (TPSA) is 93.7 Å². The van der Waals surface area contributed by atoms with Crippen LogP contribution in [-0.2, 0) is 16.1 Å². The number of ether oxygens (including phenoxy) is 2. The highest BCUT2D eigenvalue weighted by Crippen LogP contribution is 2.21. The van der Waals surface area contributed by atoms with Crippen LogP contribution in [0.25, 0.3) is 0 Å². The molecular formula is C21H23FN2O5. The number of benzene rings is 2. The number of carbonyl (C=O) groups is 3. The Morgan fingerprint density at radius 2 is 1.66 bits per heavy atom. The number of carbonyl (C=O) groups excluding carboxylic acids is 3. The third-order valence-electron chi connectivity index (χ3n) is 3.72. The Morgan fingerprint density at radius 1 is 1.00 bits per heavy atom. The van der Waals surface area contributed by atoms with Crippen LogP contribution in [0.3, 0.4) is 0 Å². The molecule has 0 spiro atoms. The molecule has 0 fully saturated rings. The minimum atomic E-state index is -1.19. The van der Waals surface area contributed by atoms with Gasteiger partial charge in [0.1, 0.15) is 23.7 Å². The molecule has 0 heterocycles. The van der Waals surface area contributed by atoms with Crippen molar-refractivity contribution in [2.45, 2.75) is 39.5 Å². The van der Waals surface area contributed by atoms with E-state index in [-0.39, 0.29) is 29.8 Å². The van der Waals surface area contributed by atoms with Crippen LogP contribution in [0.2, 0.25) is 0 Å². The van der Waals surface area contributed by atoms with Gasteiger partial charge in [0.15, 0.2) is 6.10 Å². The third kappa shape index (κ3) is 6.91. The first kappa shape index (κ1) is 21.9. The molecule has 2 aromatic carbocycles. The summed E-state index contributed by atoms with van der Waals surface area (Å²) in [4.78, 5) is 36.1. The highest BCUT2D eigenvalue weighted by molar-refractivity contribution is 5.99. The molecule has 0 saturated heterocycles. The van der Waals surface area contributed by atoms with Gasteiger partial charge in [-0.3, -0.25) is 10.1 Å².